The van der Waals surface area contributed by atoms with Gasteiger partial charge >= 0.3 is 0 Å². The molecule has 4 aliphatic rings. The van der Waals surface area contributed by atoms with E-state index in [1.165, 1.54) is 44.3 Å². The normalized spacial score (nSPS) is 17.0. The average Bonchev–Trinajstić information content (AvgIpc) is 3.80. The summed E-state index contributed by atoms with van der Waals surface area (Å²) in [5, 5.41) is 5.59. The van der Waals surface area contributed by atoms with Crippen LogP contribution in [0.2, 0.25) is 0 Å². The molecule has 0 aliphatic heterocycles. The lowest BCUT2D eigenvalue weighted by Crippen LogP contribution is -2.34. The zero-order valence-electron chi connectivity index (χ0n) is 29.0. The number of aromatic nitrogens is 3. The van der Waals surface area contributed by atoms with E-state index in [9.17, 15) is 0 Å². The van der Waals surface area contributed by atoms with Crippen LogP contribution in [0.15, 0.2) is 107 Å². The van der Waals surface area contributed by atoms with E-state index < -0.39 is 0 Å². The predicted octanol–water partition coefficient (Wildman–Crippen LogP) is 10.4. The molecule has 3 aromatic heterocycles. The van der Waals surface area contributed by atoms with Crippen molar-refractivity contribution in [3.05, 3.63) is 136 Å². The molecule has 7 aromatic rings. The van der Waals surface area contributed by atoms with Crippen LogP contribution in [0, 0.1) is 0 Å². The quantitative estimate of drug-likeness (QED) is 0.190. The summed E-state index contributed by atoms with van der Waals surface area (Å²) in [6, 6.07) is 29.0. The lowest BCUT2D eigenvalue weighted by molar-refractivity contribution is 0.548. The molecule has 0 radical (unpaired) electrons. The van der Waals surface area contributed by atoms with Crippen LogP contribution in [0.25, 0.3) is 84.9 Å². The third-order valence-corrected chi connectivity index (χ3v) is 11.8. The van der Waals surface area contributed by atoms with Crippen molar-refractivity contribution in [2.75, 3.05) is 0 Å². The Morgan fingerprint density at radius 1 is 0.706 bits per heavy atom. The number of furan rings is 1. The molecule has 0 atom stereocenters. The number of hydrogen-bond donors (Lipinski definition) is 0. The third kappa shape index (κ3) is 4.08. The van der Waals surface area contributed by atoms with Crippen molar-refractivity contribution < 1.29 is 4.42 Å². The molecule has 51 heavy (non-hydrogen) atoms. The van der Waals surface area contributed by atoms with Gasteiger partial charge in [-0.1, -0.05) is 111 Å². The zero-order chi connectivity index (χ0) is 33.8. The van der Waals surface area contributed by atoms with E-state index in [0.29, 0.717) is 5.95 Å². The SMILES string of the molecule is CC1(C)C2=C(CCC=C2)c2cccc(-c3ccc4c(c3)c3ccc5c6c(oc5c3n4-c3nc(-c4ccccc4)c4c(n3)=CCCC=4)CCC=C6)c21. The first-order valence-electron chi connectivity index (χ1n) is 18.4. The van der Waals surface area contributed by atoms with E-state index in [1.54, 1.807) is 0 Å². The van der Waals surface area contributed by atoms with Gasteiger partial charge in [-0.25, -0.2) is 9.97 Å². The highest BCUT2D eigenvalue weighted by molar-refractivity contribution is 6.18. The van der Waals surface area contributed by atoms with Crippen molar-refractivity contribution in [2.45, 2.75) is 57.8 Å². The Kier molecular flexibility index (Phi) is 6.05. The van der Waals surface area contributed by atoms with E-state index in [-0.39, 0.29) is 5.41 Å². The molecular formula is C47H37N3O. The van der Waals surface area contributed by atoms with Gasteiger partial charge in [0.15, 0.2) is 5.58 Å². The van der Waals surface area contributed by atoms with Gasteiger partial charge in [0.1, 0.15) is 11.3 Å². The molecule has 4 nitrogen and oxygen atoms in total. The third-order valence-electron chi connectivity index (χ3n) is 11.8. The van der Waals surface area contributed by atoms with Crippen LogP contribution < -0.4 is 10.6 Å². The van der Waals surface area contributed by atoms with Crippen molar-refractivity contribution in [3.8, 4) is 28.3 Å². The van der Waals surface area contributed by atoms with Crippen molar-refractivity contribution >= 4 is 56.6 Å². The molecule has 0 saturated heterocycles. The Morgan fingerprint density at radius 2 is 1.53 bits per heavy atom. The Balaban J connectivity index is 1.22. The van der Waals surface area contributed by atoms with Crippen LogP contribution in [-0.4, -0.2) is 14.5 Å². The molecule has 4 aliphatic carbocycles. The zero-order valence-corrected chi connectivity index (χ0v) is 29.0. The molecular weight excluding hydrogens is 623 g/mol. The maximum absolute atomic E-state index is 6.83. The van der Waals surface area contributed by atoms with Crippen molar-refractivity contribution in [1.82, 2.24) is 14.5 Å². The van der Waals surface area contributed by atoms with Gasteiger partial charge in [-0.2, -0.15) is 0 Å². The number of hydrogen-bond acceptors (Lipinski definition) is 3. The molecule has 0 spiro atoms. The Labute approximate surface area is 296 Å². The van der Waals surface area contributed by atoms with Crippen LogP contribution >= 0.6 is 0 Å². The second kappa shape index (κ2) is 10.6. The van der Waals surface area contributed by atoms with Gasteiger partial charge in [-0.15, -0.1) is 0 Å². The predicted molar refractivity (Wildman–Crippen MR) is 210 cm³/mol. The molecule has 0 bridgehead atoms. The number of rotatable bonds is 3. The van der Waals surface area contributed by atoms with Crippen molar-refractivity contribution in [2.24, 2.45) is 0 Å². The highest BCUT2D eigenvalue weighted by Gasteiger charge is 2.39. The largest absolute Gasteiger partial charge is 0.458 e. The first kappa shape index (κ1) is 29.0. The van der Waals surface area contributed by atoms with Gasteiger partial charge in [-0.05, 0) is 83.7 Å². The maximum atomic E-state index is 6.83. The molecule has 0 fully saturated rings. The first-order chi connectivity index (χ1) is 25.1. The van der Waals surface area contributed by atoms with Gasteiger partial charge in [0, 0.05) is 44.3 Å². The summed E-state index contributed by atoms with van der Waals surface area (Å²) >= 11 is 0. The molecule has 0 N–H and O–H groups in total. The number of fused-ring (bicyclic) bond motifs is 10. The number of aryl methyl sites for hydroxylation is 1. The number of allylic oxidation sites excluding steroid dienone is 5. The Morgan fingerprint density at radius 3 is 2.45 bits per heavy atom. The van der Waals surface area contributed by atoms with Crippen molar-refractivity contribution in [3.63, 3.8) is 0 Å². The maximum Gasteiger partial charge on any atom is 0.235 e. The molecule has 4 aromatic carbocycles. The fourth-order valence-corrected chi connectivity index (χ4v) is 9.46. The summed E-state index contributed by atoms with van der Waals surface area (Å²) in [4.78, 5) is 10.7. The van der Waals surface area contributed by atoms with Crippen LogP contribution in [0.5, 0.6) is 0 Å². The summed E-state index contributed by atoms with van der Waals surface area (Å²) in [5.41, 5.74) is 14.6. The highest BCUT2D eigenvalue weighted by atomic mass is 16.3. The fraction of sp³-hybridized carbons (Fsp3) is 0.191. The van der Waals surface area contributed by atoms with Gasteiger partial charge in [0.05, 0.1) is 16.6 Å². The summed E-state index contributed by atoms with van der Waals surface area (Å²) in [5.74, 6) is 1.74. The first-order valence-corrected chi connectivity index (χ1v) is 18.4. The summed E-state index contributed by atoms with van der Waals surface area (Å²) in [7, 11) is 0. The lowest BCUT2D eigenvalue weighted by atomic mass is 9.77. The topological polar surface area (TPSA) is 43.9 Å². The Hall–Kier alpha value is -5.74. The summed E-state index contributed by atoms with van der Waals surface area (Å²) in [6.45, 7) is 4.79. The van der Waals surface area contributed by atoms with Gasteiger partial charge in [0.25, 0.3) is 0 Å². The summed E-state index contributed by atoms with van der Waals surface area (Å²) in [6.07, 6.45) is 19.9. The average molecular weight is 660 g/mol. The van der Waals surface area contributed by atoms with E-state index >= 15 is 0 Å². The second-order valence-electron chi connectivity index (χ2n) is 15.0. The molecule has 3 heterocycles. The van der Waals surface area contributed by atoms with Gasteiger partial charge < -0.3 is 4.42 Å². The van der Waals surface area contributed by atoms with E-state index in [4.69, 9.17) is 14.4 Å². The minimum absolute atomic E-state index is 0.0631. The molecule has 11 rings (SSSR count). The van der Waals surface area contributed by atoms with Crippen LogP contribution in [0.3, 0.4) is 0 Å². The Bertz CT molecular complexity index is 2880. The molecule has 246 valence electrons. The lowest BCUT2D eigenvalue weighted by Gasteiger charge is -2.26. The van der Waals surface area contributed by atoms with E-state index in [1.807, 2.05) is 0 Å². The smallest absolute Gasteiger partial charge is 0.235 e. The highest BCUT2D eigenvalue weighted by Crippen LogP contribution is 2.53. The molecule has 0 unspecified atom stereocenters. The van der Waals surface area contributed by atoms with E-state index in [0.717, 1.165) is 93.5 Å². The molecule has 0 amide bonds. The minimum atomic E-state index is -0.0631. The molecule has 4 heteroatoms. The minimum Gasteiger partial charge on any atom is -0.458 e. The number of nitrogens with zero attached hydrogens (tertiary/aromatic N) is 3. The van der Waals surface area contributed by atoms with E-state index in [2.05, 4.69) is 134 Å². The van der Waals surface area contributed by atoms with Crippen LogP contribution in [0.1, 0.15) is 68.4 Å². The van der Waals surface area contributed by atoms with Crippen LogP contribution in [-0.2, 0) is 11.8 Å². The second-order valence-corrected chi connectivity index (χ2v) is 15.0. The van der Waals surface area contributed by atoms with Gasteiger partial charge in [-0.3, -0.25) is 4.57 Å². The van der Waals surface area contributed by atoms with Crippen LogP contribution in [0.4, 0.5) is 0 Å². The summed E-state index contributed by atoms with van der Waals surface area (Å²) < 4.78 is 9.10. The molecule has 0 saturated carbocycles. The van der Waals surface area contributed by atoms with Crippen molar-refractivity contribution in [1.29, 1.82) is 0 Å². The fourth-order valence-electron chi connectivity index (χ4n) is 9.46. The number of benzene rings is 4. The monoisotopic (exact) mass is 659 g/mol. The standard InChI is InChI=1S/C47H37N3O/c1-47(2)38-20-9-6-15-31(38)33-19-12-18-30(42(33)47)29-23-26-40-37(27-29)34-24-25-35-32-16-8-11-22-41(32)51-45(35)44(34)50(40)46-48-39-21-10-7-17-36(39)43(49-46)28-13-4-3-5-14-28/h3-5,8-9,12-14,16-21,23-27H,6-7,10-11,15,22H2,1-2H3. The van der Waals surface area contributed by atoms with Gasteiger partial charge in [0.2, 0.25) is 5.95 Å².